The Morgan fingerprint density at radius 1 is 0.963 bits per heavy atom. The van der Waals surface area contributed by atoms with E-state index in [1.165, 1.54) is 18.1 Å². The summed E-state index contributed by atoms with van der Waals surface area (Å²) in [5, 5.41) is 9.37. The first-order chi connectivity index (χ1) is 26.0. The lowest BCUT2D eigenvalue weighted by molar-refractivity contribution is -0.136. The minimum absolute atomic E-state index is 0.0260. The molecule has 2 atom stereocenters. The predicted molar refractivity (Wildman–Crippen MR) is 198 cm³/mol. The molecule has 3 heterocycles. The predicted octanol–water partition coefficient (Wildman–Crippen LogP) is 3.32. The number of ether oxygens (including phenoxy) is 1. The van der Waals surface area contributed by atoms with E-state index in [4.69, 9.17) is 4.74 Å². The molecule has 1 saturated heterocycles. The van der Waals surface area contributed by atoms with Crippen LogP contribution < -0.4 is 29.9 Å². The Labute approximate surface area is 312 Å². The number of carbonyl (C=O) groups excluding carboxylic acids is 6. The van der Waals surface area contributed by atoms with Gasteiger partial charge in [-0.05, 0) is 73.4 Å². The number of nitrogens with one attached hydrogen (secondary N) is 3. The number of anilines is 4. The van der Waals surface area contributed by atoms with Crippen LogP contribution in [0.2, 0.25) is 0 Å². The molecule has 3 aliphatic heterocycles. The second-order valence-electron chi connectivity index (χ2n) is 13.0. The van der Waals surface area contributed by atoms with E-state index in [0.717, 1.165) is 9.21 Å². The third kappa shape index (κ3) is 6.43. The maximum atomic E-state index is 13.3. The van der Waals surface area contributed by atoms with Crippen molar-refractivity contribution in [3.63, 3.8) is 0 Å². The first-order valence-corrected chi connectivity index (χ1v) is 18.3. The van der Waals surface area contributed by atoms with Gasteiger partial charge in [-0.3, -0.25) is 47.5 Å². The number of aryl methyl sites for hydroxylation is 1. The highest BCUT2D eigenvalue weighted by atomic mass is 32.2. The zero-order chi connectivity index (χ0) is 38.3. The minimum atomic E-state index is -2.75. The van der Waals surface area contributed by atoms with E-state index >= 15 is 0 Å². The van der Waals surface area contributed by atoms with E-state index in [2.05, 4.69) is 16.0 Å². The molecule has 4 aromatic carbocycles. The minimum Gasteiger partial charge on any atom is -0.755 e. The highest BCUT2D eigenvalue weighted by molar-refractivity contribution is 7.81. The van der Waals surface area contributed by atoms with Crippen molar-refractivity contribution >= 4 is 80.2 Å². The molecule has 3 aliphatic rings. The Morgan fingerprint density at radius 3 is 2.52 bits per heavy atom. The topological polar surface area (TPSA) is 198 Å². The van der Waals surface area contributed by atoms with E-state index < -0.39 is 40.9 Å². The van der Waals surface area contributed by atoms with Gasteiger partial charge in [-0.2, -0.15) is 0 Å². The summed E-state index contributed by atoms with van der Waals surface area (Å²) in [7, 11) is 3.10. The quantitative estimate of drug-likeness (QED) is 0.104. The Kier molecular flexibility index (Phi) is 9.87. The van der Waals surface area contributed by atoms with Crippen LogP contribution in [-0.2, 0) is 32.1 Å². The van der Waals surface area contributed by atoms with Crippen molar-refractivity contribution in [3.05, 3.63) is 89.0 Å². The average Bonchev–Trinajstić information content (AvgIpc) is 3.56. The van der Waals surface area contributed by atoms with Crippen LogP contribution in [0, 0.1) is 0 Å². The number of benzene rings is 4. The van der Waals surface area contributed by atoms with Crippen molar-refractivity contribution in [1.82, 2.24) is 15.5 Å². The molecule has 6 amide bonds. The van der Waals surface area contributed by atoms with E-state index in [1.807, 2.05) is 6.07 Å². The van der Waals surface area contributed by atoms with Gasteiger partial charge < -0.3 is 24.8 Å². The molecule has 0 radical (unpaired) electrons. The molecule has 0 aliphatic carbocycles. The number of piperidine rings is 1. The van der Waals surface area contributed by atoms with Gasteiger partial charge in [0.15, 0.2) is 0 Å². The lowest BCUT2D eigenvalue weighted by atomic mass is 9.97. The molecular formula is C38H35N6O9S-. The number of nitrogens with zero attached hydrogens (tertiary/aromatic N) is 3. The van der Waals surface area contributed by atoms with Crippen molar-refractivity contribution in [2.24, 2.45) is 0 Å². The number of para-hydroxylation sites is 2. The van der Waals surface area contributed by atoms with Crippen LogP contribution in [0.4, 0.5) is 22.7 Å². The zero-order valence-corrected chi connectivity index (χ0v) is 30.1. The van der Waals surface area contributed by atoms with Crippen LogP contribution >= 0.6 is 0 Å². The second kappa shape index (κ2) is 14.7. The maximum absolute atomic E-state index is 13.3. The summed E-state index contributed by atoms with van der Waals surface area (Å²) in [5.74, 6) is -2.47. The molecule has 4 aromatic rings. The van der Waals surface area contributed by atoms with Gasteiger partial charge >= 0.3 is 0 Å². The maximum Gasteiger partial charge on any atom is 0.264 e. The second-order valence-corrected chi connectivity index (χ2v) is 13.8. The Balaban J connectivity index is 0.997. The highest BCUT2D eigenvalue weighted by Crippen LogP contribution is 2.45. The van der Waals surface area contributed by atoms with Gasteiger partial charge in [0.2, 0.25) is 17.7 Å². The van der Waals surface area contributed by atoms with Crippen LogP contribution in [-0.4, -0.2) is 82.4 Å². The molecule has 1 fully saturated rings. The number of fused-ring (bicyclic) bond motifs is 1. The normalized spacial score (nSPS) is 16.8. The Bertz CT molecular complexity index is 2290. The van der Waals surface area contributed by atoms with Crippen LogP contribution in [0.15, 0.2) is 66.7 Å². The molecule has 3 N–H and O–H groups in total. The summed E-state index contributed by atoms with van der Waals surface area (Å²) < 4.78 is 32.0. The van der Waals surface area contributed by atoms with Crippen molar-refractivity contribution in [2.75, 3.05) is 41.8 Å². The molecule has 0 spiro atoms. The highest BCUT2D eigenvalue weighted by Gasteiger charge is 2.45. The Morgan fingerprint density at radius 2 is 1.76 bits per heavy atom. The molecule has 2 unspecified atom stereocenters. The number of hydrogen-bond acceptors (Lipinski definition) is 10. The molecule has 0 saturated carbocycles. The smallest absolute Gasteiger partial charge is 0.264 e. The van der Waals surface area contributed by atoms with Crippen molar-refractivity contribution in [1.29, 1.82) is 0 Å². The van der Waals surface area contributed by atoms with Gasteiger partial charge in [-0.25, -0.2) is 0 Å². The Hall–Kier alpha value is -6.13. The molecule has 15 nitrogen and oxygen atoms in total. The molecule has 16 heteroatoms. The van der Waals surface area contributed by atoms with Gasteiger partial charge in [0, 0.05) is 49.4 Å². The van der Waals surface area contributed by atoms with E-state index in [0.29, 0.717) is 69.9 Å². The fourth-order valence-electron chi connectivity index (χ4n) is 7.21. The third-order valence-electron chi connectivity index (χ3n) is 9.80. The zero-order valence-electron chi connectivity index (χ0n) is 29.3. The fourth-order valence-corrected chi connectivity index (χ4v) is 7.84. The van der Waals surface area contributed by atoms with Crippen molar-refractivity contribution < 1.29 is 42.3 Å². The summed E-state index contributed by atoms with van der Waals surface area (Å²) in [5.41, 5.74) is 3.11. The van der Waals surface area contributed by atoms with E-state index in [1.54, 1.807) is 61.6 Å². The largest absolute Gasteiger partial charge is 0.755 e. The monoisotopic (exact) mass is 751 g/mol. The summed E-state index contributed by atoms with van der Waals surface area (Å²) >= 11 is -2.75. The SMILES string of the molecule is COc1ccccc1N(c1ccc2c3c(cc(CCC(=O)NCCCNc4cccc5c4C(=O)N(C4CCC(=O)NC4=O)C5=O)cc13)C(=O)N2C)S(=O)[O-]. The molecule has 54 heavy (non-hydrogen) atoms. The van der Waals surface area contributed by atoms with Crippen molar-refractivity contribution in [2.45, 2.75) is 38.1 Å². The number of amides is 6. The number of carbonyl (C=O) groups is 6. The van der Waals surface area contributed by atoms with Crippen LogP contribution in [0.5, 0.6) is 5.75 Å². The molecule has 0 bridgehead atoms. The van der Waals surface area contributed by atoms with Gasteiger partial charge in [0.25, 0.3) is 17.7 Å². The summed E-state index contributed by atoms with van der Waals surface area (Å²) in [6.07, 6.45) is 0.938. The first kappa shape index (κ1) is 36.2. The lowest BCUT2D eigenvalue weighted by Gasteiger charge is -2.29. The lowest BCUT2D eigenvalue weighted by Crippen LogP contribution is -2.54. The van der Waals surface area contributed by atoms with Crippen molar-refractivity contribution in [3.8, 4) is 5.75 Å². The van der Waals surface area contributed by atoms with E-state index in [-0.39, 0.29) is 48.6 Å². The molecule has 278 valence electrons. The number of methoxy groups -OCH3 is 1. The molecular weight excluding hydrogens is 717 g/mol. The fraction of sp³-hybridized carbons (Fsp3) is 0.263. The van der Waals surface area contributed by atoms with Gasteiger partial charge in [-0.1, -0.05) is 18.2 Å². The number of rotatable bonds is 13. The van der Waals surface area contributed by atoms with Crippen LogP contribution in [0.1, 0.15) is 62.3 Å². The van der Waals surface area contributed by atoms with Gasteiger partial charge in [0.05, 0.1) is 52.1 Å². The molecule has 7 rings (SSSR count). The number of hydrogen-bond donors (Lipinski definition) is 3. The first-order valence-electron chi connectivity index (χ1n) is 17.3. The van der Waals surface area contributed by atoms with Gasteiger partial charge in [-0.15, -0.1) is 0 Å². The summed E-state index contributed by atoms with van der Waals surface area (Å²) in [4.78, 5) is 79.1. The summed E-state index contributed by atoms with van der Waals surface area (Å²) in [6.45, 7) is 0.661. The summed E-state index contributed by atoms with van der Waals surface area (Å²) in [6, 6.07) is 17.4. The van der Waals surface area contributed by atoms with Gasteiger partial charge in [0.1, 0.15) is 11.8 Å². The van der Waals surface area contributed by atoms with Crippen LogP contribution in [0.25, 0.3) is 10.8 Å². The standard InChI is InChI=1S/C38H36N6O9S/c1-42-28-13-12-26(44(54(51)52)27-9-3-4-10-30(27)53-2)23-19-21(20-24(33(23)28)36(42)48)11-15-31(45)40-18-6-17-39-25-8-5-7-22-34(25)38(50)43(37(22)49)29-14-16-32(46)41-35(29)47/h3-5,7-10,12-13,19-20,29,39H,6,11,14-18H2,1-2H3,(H,40,45)(H,51,52)(H,41,46,47)/p-1. The van der Waals surface area contributed by atoms with E-state index in [9.17, 15) is 37.5 Å². The molecule has 0 aromatic heterocycles. The van der Waals surface area contributed by atoms with Crippen LogP contribution in [0.3, 0.4) is 0 Å². The third-order valence-corrected chi connectivity index (χ3v) is 10.5. The average molecular weight is 752 g/mol. The number of imide groups is 2.